The van der Waals surface area contributed by atoms with Gasteiger partial charge in [-0.2, -0.15) is 8.78 Å². The summed E-state index contributed by atoms with van der Waals surface area (Å²) in [4.78, 5) is 6.18. The first kappa shape index (κ1) is 19.3. The van der Waals surface area contributed by atoms with E-state index in [9.17, 15) is 17.6 Å². The predicted molar refractivity (Wildman–Crippen MR) is 83.4 cm³/mol. The van der Waals surface area contributed by atoms with Gasteiger partial charge in [0.15, 0.2) is 6.61 Å². The van der Waals surface area contributed by atoms with Gasteiger partial charge in [0.25, 0.3) is 0 Å². The number of hydrogen-bond donors (Lipinski definition) is 0. The van der Waals surface area contributed by atoms with E-state index < -0.39 is 18.5 Å². The maximum atomic E-state index is 13.3. The maximum absolute atomic E-state index is 13.3. The molecule has 0 aromatic heterocycles. The summed E-state index contributed by atoms with van der Waals surface area (Å²) in [5.74, 6) is -8.21. The molecule has 0 radical (unpaired) electrons. The van der Waals surface area contributed by atoms with E-state index >= 15 is 0 Å². The fourth-order valence-electron chi connectivity index (χ4n) is 1.61. The molecule has 1 aromatic carbocycles. The average molecular weight is 334 g/mol. The van der Waals surface area contributed by atoms with E-state index in [2.05, 4.69) is 4.99 Å². The Hall–Kier alpha value is -1.79. The smallest absolute Gasteiger partial charge is 0.342 e. The van der Waals surface area contributed by atoms with Gasteiger partial charge in [0.05, 0.1) is 12.0 Å². The molecule has 0 amide bonds. The Labute approximate surface area is 134 Å². The molecule has 0 aliphatic rings. The number of halogens is 4. The molecule has 0 saturated carbocycles. The van der Waals surface area contributed by atoms with E-state index in [1.54, 1.807) is 26.3 Å². The number of benzene rings is 1. The Morgan fingerprint density at radius 3 is 2.30 bits per heavy atom. The van der Waals surface area contributed by atoms with Gasteiger partial charge in [-0.25, -0.2) is 13.8 Å². The fraction of sp³-hybridized carbons (Fsp3) is 0.562. The highest BCUT2D eigenvalue weighted by Gasteiger charge is 2.53. The molecule has 0 bridgehead atoms. The molecule has 23 heavy (non-hydrogen) atoms. The van der Waals surface area contributed by atoms with Crippen LogP contribution in [0, 0.1) is 13.8 Å². The maximum Gasteiger partial charge on any atom is 0.342 e. The number of alkyl halides is 4. The molecule has 0 spiro atoms. The highest BCUT2D eigenvalue weighted by atomic mass is 19.3. The first-order valence-corrected chi connectivity index (χ1v) is 7.22. The molecule has 1 rings (SSSR count). The summed E-state index contributed by atoms with van der Waals surface area (Å²) in [6.07, 6.45) is 1.66. The van der Waals surface area contributed by atoms with Crippen LogP contribution in [-0.4, -0.2) is 43.3 Å². The van der Waals surface area contributed by atoms with Crippen molar-refractivity contribution in [2.45, 2.75) is 39.5 Å². The van der Waals surface area contributed by atoms with Crippen molar-refractivity contribution in [3.05, 3.63) is 23.3 Å². The summed E-state index contributed by atoms with van der Waals surface area (Å²) < 4.78 is 57.1. The van der Waals surface area contributed by atoms with Crippen LogP contribution in [0.5, 0.6) is 5.75 Å². The molecule has 130 valence electrons. The van der Waals surface area contributed by atoms with Crippen molar-refractivity contribution in [3.8, 4) is 5.75 Å². The van der Waals surface area contributed by atoms with E-state index in [1.165, 1.54) is 6.07 Å². The number of aliphatic imine (C=N–C) groups is 1. The van der Waals surface area contributed by atoms with Gasteiger partial charge < -0.3 is 9.64 Å². The third-order valence-electron chi connectivity index (χ3n) is 3.44. The van der Waals surface area contributed by atoms with Crippen LogP contribution >= 0.6 is 0 Å². The lowest BCUT2D eigenvalue weighted by molar-refractivity contribution is -0.211. The van der Waals surface area contributed by atoms with Crippen molar-refractivity contribution in [1.29, 1.82) is 0 Å². The molecule has 0 heterocycles. The summed E-state index contributed by atoms with van der Waals surface area (Å²) in [7, 11) is 1.87. The monoisotopic (exact) mass is 334 g/mol. The zero-order chi connectivity index (χ0) is 17.8. The molecule has 0 fully saturated rings. The van der Waals surface area contributed by atoms with Gasteiger partial charge in [0.1, 0.15) is 5.75 Å². The lowest BCUT2D eigenvalue weighted by Crippen LogP contribution is -2.42. The SMILES string of the molecule is CCN(C)C=Nc1cc(C)c(OCC(F)(F)C(C)(F)F)cc1C. The Bertz CT molecular complexity index is 568. The predicted octanol–water partition coefficient (Wildman–Crippen LogP) is 4.58. The first-order valence-electron chi connectivity index (χ1n) is 7.22. The first-order chi connectivity index (χ1) is 10.5. The fourth-order valence-corrected chi connectivity index (χ4v) is 1.61. The molecule has 3 nitrogen and oxygen atoms in total. The number of rotatable bonds is 7. The van der Waals surface area contributed by atoms with Gasteiger partial charge in [0.2, 0.25) is 0 Å². The third-order valence-corrected chi connectivity index (χ3v) is 3.44. The van der Waals surface area contributed by atoms with Gasteiger partial charge in [-0.05, 0) is 44.0 Å². The number of ether oxygens (including phenoxy) is 1. The number of hydrogen-bond acceptors (Lipinski definition) is 2. The molecule has 0 aliphatic carbocycles. The Balaban J connectivity index is 2.91. The third kappa shape index (κ3) is 5.11. The number of nitrogens with zero attached hydrogens (tertiary/aromatic N) is 2. The van der Waals surface area contributed by atoms with Crippen LogP contribution in [-0.2, 0) is 0 Å². The van der Waals surface area contributed by atoms with Gasteiger partial charge in [-0.1, -0.05) is 0 Å². The van der Waals surface area contributed by atoms with Crippen molar-refractivity contribution >= 4 is 12.0 Å². The highest BCUT2D eigenvalue weighted by Crippen LogP contribution is 2.35. The normalized spacial score (nSPS) is 12.7. The second kappa shape index (κ2) is 7.19. The van der Waals surface area contributed by atoms with Crippen LogP contribution in [0.3, 0.4) is 0 Å². The van der Waals surface area contributed by atoms with E-state index in [1.807, 2.05) is 18.9 Å². The highest BCUT2D eigenvalue weighted by molar-refractivity contribution is 5.64. The molecule has 0 aliphatic heterocycles. The summed E-state index contributed by atoms with van der Waals surface area (Å²) >= 11 is 0. The van der Waals surface area contributed by atoms with Gasteiger partial charge in [-0.3, -0.25) is 0 Å². The molecule has 0 N–H and O–H groups in total. The lowest BCUT2D eigenvalue weighted by atomic mass is 10.1. The summed E-state index contributed by atoms with van der Waals surface area (Å²) in [6, 6.07) is 3.20. The van der Waals surface area contributed by atoms with Gasteiger partial charge in [0, 0.05) is 20.5 Å². The Kier molecular flexibility index (Phi) is 6.02. The quantitative estimate of drug-likeness (QED) is 0.414. The van der Waals surface area contributed by atoms with Crippen molar-refractivity contribution in [3.63, 3.8) is 0 Å². The second-order valence-corrected chi connectivity index (χ2v) is 5.60. The molecule has 0 unspecified atom stereocenters. The largest absolute Gasteiger partial charge is 0.487 e. The van der Waals surface area contributed by atoms with Crippen LogP contribution in [0.25, 0.3) is 0 Å². The summed E-state index contributed by atoms with van der Waals surface area (Å²) in [6.45, 7) is 4.97. The van der Waals surface area contributed by atoms with E-state index in [-0.39, 0.29) is 12.7 Å². The van der Waals surface area contributed by atoms with Gasteiger partial charge in [-0.15, -0.1) is 0 Å². The standard InChI is InChI=1S/C16H22F4N2O/c1-6-22(5)10-21-13-7-12(3)14(8-11(13)2)23-9-16(19,20)15(4,17)18/h7-8,10H,6,9H2,1-5H3. The minimum Gasteiger partial charge on any atom is -0.487 e. The minimum atomic E-state index is -4.23. The second-order valence-electron chi connectivity index (χ2n) is 5.60. The summed E-state index contributed by atoms with van der Waals surface area (Å²) in [5, 5.41) is 0. The zero-order valence-corrected chi connectivity index (χ0v) is 14.0. The van der Waals surface area contributed by atoms with Crippen molar-refractivity contribution in [2.75, 3.05) is 20.2 Å². The molecule has 0 saturated heterocycles. The topological polar surface area (TPSA) is 24.8 Å². The van der Waals surface area contributed by atoms with Crippen LogP contribution in [0.2, 0.25) is 0 Å². The minimum absolute atomic E-state index is 0.147. The summed E-state index contributed by atoms with van der Waals surface area (Å²) in [5.41, 5.74) is 1.93. The lowest BCUT2D eigenvalue weighted by Gasteiger charge is -2.23. The Morgan fingerprint density at radius 1 is 1.17 bits per heavy atom. The van der Waals surface area contributed by atoms with Crippen LogP contribution in [0.1, 0.15) is 25.0 Å². The van der Waals surface area contributed by atoms with Crippen LogP contribution in [0.4, 0.5) is 23.2 Å². The molecular formula is C16H22F4N2O. The Morgan fingerprint density at radius 2 is 1.78 bits per heavy atom. The molecule has 7 heteroatoms. The zero-order valence-electron chi connectivity index (χ0n) is 14.0. The van der Waals surface area contributed by atoms with Crippen molar-refractivity contribution in [2.24, 2.45) is 4.99 Å². The number of aryl methyl sites for hydroxylation is 2. The van der Waals surface area contributed by atoms with Crippen LogP contribution < -0.4 is 4.74 Å². The molecule has 0 atom stereocenters. The van der Waals surface area contributed by atoms with E-state index in [4.69, 9.17) is 4.74 Å². The van der Waals surface area contributed by atoms with Crippen molar-refractivity contribution < 1.29 is 22.3 Å². The van der Waals surface area contributed by atoms with Crippen molar-refractivity contribution in [1.82, 2.24) is 4.90 Å². The molecule has 1 aromatic rings. The van der Waals surface area contributed by atoms with E-state index in [0.717, 1.165) is 6.54 Å². The van der Waals surface area contributed by atoms with Crippen LogP contribution in [0.15, 0.2) is 17.1 Å². The molecular weight excluding hydrogens is 312 g/mol. The van der Waals surface area contributed by atoms with E-state index in [0.29, 0.717) is 16.8 Å². The van der Waals surface area contributed by atoms with Gasteiger partial charge >= 0.3 is 11.8 Å². The average Bonchev–Trinajstić information content (AvgIpc) is 2.44.